The van der Waals surface area contributed by atoms with E-state index in [1.807, 2.05) is 54.6 Å². The molecule has 0 aliphatic carbocycles. The summed E-state index contributed by atoms with van der Waals surface area (Å²) in [6.07, 6.45) is 1.64. The molecule has 0 saturated heterocycles. The zero-order chi connectivity index (χ0) is 20.5. The van der Waals surface area contributed by atoms with Gasteiger partial charge in [-0.2, -0.15) is 0 Å². The van der Waals surface area contributed by atoms with Gasteiger partial charge in [-0.05, 0) is 43.3 Å². The number of para-hydroxylation sites is 1. The van der Waals surface area contributed by atoms with Crippen LogP contribution < -0.4 is 14.8 Å². The number of carbonyl (C=O) groups excluding carboxylic acids is 1. The first-order chi connectivity index (χ1) is 14.1. The summed E-state index contributed by atoms with van der Waals surface area (Å²) in [6.45, 7) is 1.82. The Morgan fingerprint density at radius 3 is 2.41 bits per heavy atom. The zero-order valence-corrected chi connectivity index (χ0v) is 16.9. The van der Waals surface area contributed by atoms with Crippen molar-refractivity contribution in [1.29, 1.82) is 0 Å². The number of hydrogen-bond acceptors (Lipinski definition) is 6. The van der Waals surface area contributed by atoms with Crippen molar-refractivity contribution in [3.63, 3.8) is 0 Å². The summed E-state index contributed by atoms with van der Waals surface area (Å²) in [4.78, 5) is 16.4. The Labute approximate surface area is 173 Å². The molecule has 3 aromatic rings. The summed E-state index contributed by atoms with van der Waals surface area (Å²) in [6, 6.07) is 16.6. The second-order valence-corrected chi connectivity index (χ2v) is 6.96. The van der Waals surface area contributed by atoms with Crippen LogP contribution in [0.2, 0.25) is 0 Å². The fraction of sp³-hybridized carbons (Fsp3) is 0.182. The Kier molecular flexibility index (Phi) is 7.22. The van der Waals surface area contributed by atoms with Crippen LogP contribution in [0.5, 0.6) is 22.4 Å². The van der Waals surface area contributed by atoms with Crippen molar-refractivity contribution in [2.75, 3.05) is 13.7 Å². The van der Waals surface area contributed by atoms with E-state index in [0.29, 0.717) is 10.9 Å². The van der Waals surface area contributed by atoms with E-state index < -0.39 is 0 Å². The fourth-order valence-corrected chi connectivity index (χ4v) is 2.94. The minimum atomic E-state index is -0.290. The SMILES string of the molecule is COCC(=O)NC(C)C#Cc1cnc(Oc2ccc(Oc3ccccc3)cc2)s1. The van der Waals surface area contributed by atoms with Crippen LogP contribution in [-0.2, 0) is 9.53 Å². The first-order valence-corrected chi connectivity index (χ1v) is 9.70. The number of methoxy groups -OCH3 is 1. The van der Waals surface area contributed by atoms with Gasteiger partial charge in [-0.1, -0.05) is 41.4 Å². The van der Waals surface area contributed by atoms with Crippen molar-refractivity contribution in [2.45, 2.75) is 13.0 Å². The molecule has 3 rings (SSSR count). The number of thiazole rings is 1. The molecular weight excluding hydrogens is 388 g/mol. The highest BCUT2D eigenvalue weighted by molar-refractivity contribution is 7.13. The molecule has 0 aliphatic rings. The molecule has 0 aliphatic heterocycles. The summed E-state index contributed by atoms with van der Waals surface area (Å²) in [5, 5.41) is 3.21. The third-order valence-electron chi connectivity index (χ3n) is 3.56. The lowest BCUT2D eigenvalue weighted by Gasteiger charge is -2.06. The number of hydrogen-bond donors (Lipinski definition) is 1. The number of nitrogens with zero attached hydrogens (tertiary/aromatic N) is 1. The standard InChI is InChI=1S/C22H20N2O4S/c1-16(24-21(25)15-26-2)8-13-20-14-23-22(29-20)28-19-11-9-18(10-12-19)27-17-6-4-3-5-7-17/h3-7,9-12,14,16H,15H2,1-2H3,(H,24,25). The Balaban J connectivity index is 1.55. The minimum absolute atomic E-state index is 0.0136. The predicted octanol–water partition coefficient (Wildman–Crippen LogP) is 4.23. The van der Waals surface area contributed by atoms with Gasteiger partial charge in [-0.3, -0.25) is 4.79 Å². The third kappa shape index (κ3) is 6.64. The summed E-state index contributed by atoms with van der Waals surface area (Å²) in [5.74, 6) is 7.88. The lowest BCUT2D eigenvalue weighted by molar-refractivity contribution is -0.125. The van der Waals surface area contributed by atoms with Crippen LogP contribution in [0, 0.1) is 11.8 Å². The van der Waals surface area contributed by atoms with Gasteiger partial charge in [0.1, 0.15) is 28.7 Å². The number of benzene rings is 2. The van der Waals surface area contributed by atoms with Gasteiger partial charge in [0.15, 0.2) is 0 Å². The maximum Gasteiger partial charge on any atom is 0.279 e. The Morgan fingerprint density at radius 1 is 1.07 bits per heavy atom. The van der Waals surface area contributed by atoms with Gasteiger partial charge in [0.05, 0.1) is 12.2 Å². The highest BCUT2D eigenvalue weighted by Crippen LogP contribution is 2.28. The van der Waals surface area contributed by atoms with Gasteiger partial charge in [0.25, 0.3) is 5.19 Å². The van der Waals surface area contributed by atoms with Crippen LogP contribution >= 0.6 is 11.3 Å². The smallest absolute Gasteiger partial charge is 0.279 e. The van der Waals surface area contributed by atoms with Crippen molar-refractivity contribution < 1.29 is 19.0 Å². The Hall–Kier alpha value is -3.34. The first-order valence-electron chi connectivity index (χ1n) is 8.89. The minimum Gasteiger partial charge on any atom is -0.457 e. The van der Waals surface area contributed by atoms with Crippen LogP contribution in [-0.4, -0.2) is 30.6 Å². The molecule has 1 unspecified atom stereocenters. The first kappa shape index (κ1) is 20.4. The Bertz CT molecular complexity index is 991. The molecule has 1 atom stereocenters. The van der Waals surface area contributed by atoms with Crippen molar-refractivity contribution in [3.05, 3.63) is 65.7 Å². The second kappa shape index (κ2) is 10.3. The molecule has 29 heavy (non-hydrogen) atoms. The van der Waals surface area contributed by atoms with E-state index in [2.05, 4.69) is 22.1 Å². The number of aromatic nitrogens is 1. The average molecular weight is 408 g/mol. The van der Waals surface area contributed by atoms with E-state index in [4.69, 9.17) is 14.2 Å². The Morgan fingerprint density at radius 2 is 1.72 bits per heavy atom. The van der Waals surface area contributed by atoms with Crippen LogP contribution in [0.4, 0.5) is 0 Å². The van der Waals surface area contributed by atoms with E-state index in [1.54, 1.807) is 13.1 Å². The molecule has 1 N–H and O–H groups in total. The topological polar surface area (TPSA) is 69.7 Å². The van der Waals surface area contributed by atoms with Gasteiger partial charge in [-0.15, -0.1) is 0 Å². The van der Waals surface area contributed by atoms with Crippen molar-refractivity contribution in [3.8, 4) is 34.3 Å². The second-order valence-electron chi connectivity index (χ2n) is 5.97. The van der Waals surface area contributed by atoms with Gasteiger partial charge in [0, 0.05) is 7.11 Å². The van der Waals surface area contributed by atoms with E-state index in [-0.39, 0.29) is 18.6 Å². The average Bonchev–Trinajstić information content (AvgIpc) is 3.16. The normalized spacial score (nSPS) is 11.1. The molecule has 148 valence electrons. The molecule has 0 spiro atoms. The number of rotatable bonds is 7. The van der Waals surface area contributed by atoms with Gasteiger partial charge < -0.3 is 19.5 Å². The third-order valence-corrected chi connectivity index (χ3v) is 4.35. The lowest BCUT2D eigenvalue weighted by atomic mass is 10.3. The highest BCUT2D eigenvalue weighted by Gasteiger charge is 2.06. The largest absolute Gasteiger partial charge is 0.457 e. The van der Waals surface area contributed by atoms with Crippen LogP contribution in [0.3, 0.4) is 0 Å². The summed E-state index contributed by atoms with van der Waals surface area (Å²) < 4.78 is 16.3. The zero-order valence-electron chi connectivity index (χ0n) is 16.0. The molecule has 0 radical (unpaired) electrons. The van der Waals surface area contributed by atoms with E-state index in [1.165, 1.54) is 18.4 Å². The summed E-state index contributed by atoms with van der Waals surface area (Å²) >= 11 is 1.33. The van der Waals surface area contributed by atoms with Crippen molar-refractivity contribution >= 4 is 17.2 Å². The van der Waals surface area contributed by atoms with Crippen LogP contribution in [0.1, 0.15) is 11.8 Å². The van der Waals surface area contributed by atoms with Crippen molar-refractivity contribution in [2.24, 2.45) is 0 Å². The molecule has 6 nitrogen and oxygen atoms in total. The van der Waals surface area contributed by atoms with Crippen molar-refractivity contribution in [1.82, 2.24) is 10.3 Å². The van der Waals surface area contributed by atoms with Gasteiger partial charge >= 0.3 is 0 Å². The number of nitrogens with one attached hydrogen (secondary N) is 1. The van der Waals surface area contributed by atoms with E-state index in [9.17, 15) is 4.79 Å². The molecule has 1 amide bonds. The maximum atomic E-state index is 11.5. The van der Waals surface area contributed by atoms with E-state index >= 15 is 0 Å². The summed E-state index contributed by atoms with van der Waals surface area (Å²) in [5.41, 5.74) is 0. The van der Waals surface area contributed by atoms with Crippen LogP contribution in [0.25, 0.3) is 0 Å². The summed E-state index contributed by atoms with van der Waals surface area (Å²) in [7, 11) is 1.47. The lowest BCUT2D eigenvalue weighted by Crippen LogP contribution is -2.34. The van der Waals surface area contributed by atoms with Gasteiger partial charge in [-0.25, -0.2) is 4.98 Å². The fourth-order valence-electron chi connectivity index (χ4n) is 2.29. The molecule has 2 aromatic carbocycles. The molecule has 0 fully saturated rings. The molecule has 1 aromatic heterocycles. The predicted molar refractivity (Wildman–Crippen MR) is 112 cm³/mol. The quantitative estimate of drug-likeness (QED) is 0.593. The van der Waals surface area contributed by atoms with Crippen LogP contribution in [0.15, 0.2) is 60.8 Å². The molecule has 1 heterocycles. The number of carbonyl (C=O) groups is 1. The highest BCUT2D eigenvalue weighted by atomic mass is 32.1. The molecule has 0 bridgehead atoms. The van der Waals surface area contributed by atoms with E-state index in [0.717, 1.165) is 16.4 Å². The maximum absolute atomic E-state index is 11.5. The molecular formula is C22H20N2O4S. The molecule has 0 saturated carbocycles. The number of amides is 1. The monoisotopic (exact) mass is 408 g/mol. The number of ether oxygens (including phenoxy) is 3. The van der Waals surface area contributed by atoms with Gasteiger partial charge in [0.2, 0.25) is 5.91 Å². The molecule has 7 heteroatoms.